The molecule has 2 aromatic rings. The molecule has 2 amide bonds. The highest BCUT2D eigenvalue weighted by atomic mass is 32.1. The average molecular weight is 388 g/mol. The fourth-order valence-electron chi connectivity index (χ4n) is 3.26. The monoisotopic (exact) mass is 388 g/mol. The summed E-state index contributed by atoms with van der Waals surface area (Å²) in [5.41, 5.74) is 0.934. The van der Waals surface area contributed by atoms with E-state index in [9.17, 15) is 9.59 Å². The van der Waals surface area contributed by atoms with E-state index in [0.29, 0.717) is 31.1 Å². The highest BCUT2D eigenvalue weighted by Gasteiger charge is 2.29. The minimum Gasteiger partial charge on any atom is -0.493 e. The van der Waals surface area contributed by atoms with Gasteiger partial charge in [-0.1, -0.05) is 12.1 Å². The van der Waals surface area contributed by atoms with E-state index in [1.54, 1.807) is 19.1 Å². The van der Waals surface area contributed by atoms with Crippen LogP contribution in [0, 0.1) is 5.92 Å². The summed E-state index contributed by atoms with van der Waals surface area (Å²) in [6.07, 6.45) is 1.64. The van der Waals surface area contributed by atoms with E-state index in [-0.39, 0.29) is 17.7 Å². The highest BCUT2D eigenvalue weighted by molar-refractivity contribution is 7.12. The summed E-state index contributed by atoms with van der Waals surface area (Å²) in [6.45, 7) is 1.58. The van der Waals surface area contributed by atoms with Gasteiger partial charge in [0, 0.05) is 19.6 Å². The number of amides is 2. The lowest BCUT2D eigenvalue weighted by Crippen LogP contribution is -2.45. The third-order valence-electron chi connectivity index (χ3n) is 4.73. The van der Waals surface area contributed by atoms with Crippen LogP contribution in [0.3, 0.4) is 0 Å². The lowest BCUT2D eigenvalue weighted by atomic mass is 9.97. The molecule has 1 unspecified atom stereocenters. The van der Waals surface area contributed by atoms with Crippen molar-refractivity contribution < 1.29 is 19.1 Å². The summed E-state index contributed by atoms with van der Waals surface area (Å²) in [5, 5.41) is 4.87. The van der Waals surface area contributed by atoms with Crippen LogP contribution in [-0.2, 0) is 11.3 Å². The Hall–Kier alpha value is -2.54. The molecule has 6 nitrogen and oxygen atoms in total. The number of nitrogens with one attached hydrogen (secondary N) is 1. The van der Waals surface area contributed by atoms with Gasteiger partial charge in [0.2, 0.25) is 5.91 Å². The standard InChI is InChI=1S/C20H24N2O4S/c1-25-16-8-7-14(11-17(16)26-2)12-21-19(23)15-5-3-9-22(13-15)20(24)18-6-4-10-27-18/h4,6-8,10-11,15H,3,5,9,12-13H2,1-2H3,(H,21,23). The van der Waals surface area contributed by atoms with Crippen LogP contribution in [0.2, 0.25) is 0 Å². The molecule has 1 N–H and O–H groups in total. The summed E-state index contributed by atoms with van der Waals surface area (Å²) in [4.78, 5) is 27.6. The predicted octanol–water partition coefficient (Wildman–Crippen LogP) is 2.93. The number of hydrogen-bond donors (Lipinski definition) is 1. The van der Waals surface area contributed by atoms with Gasteiger partial charge in [-0.2, -0.15) is 0 Å². The van der Waals surface area contributed by atoms with Crippen molar-refractivity contribution in [3.05, 3.63) is 46.2 Å². The number of benzene rings is 1. The van der Waals surface area contributed by atoms with E-state index in [1.807, 2.05) is 35.7 Å². The number of likely N-dealkylation sites (tertiary alicyclic amines) is 1. The Morgan fingerprint density at radius 2 is 2.04 bits per heavy atom. The van der Waals surface area contributed by atoms with E-state index < -0.39 is 0 Å². The zero-order chi connectivity index (χ0) is 19.2. The maximum atomic E-state index is 12.6. The van der Waals surface area contributed by atoms with Gasteiger partial charge in [0.1, 0.15) is 0 Å². The molecule has 144 valence electrons. The molecule has 0 aliphatic carbocycles. The third kappa shape index (κ3) is 4.60. The molecule has 1 aliphatic rings. The van der Waals surface area contributed by atoms with Crippen molar-refractivity contribution in [3.8, 4) is 11.5 Å². The first-order valence-corrected chi connectivity index (χ1v) is 9.81. The van der Waals surface area contributed by atoms with Crippen molar-refractivity contribution in [2.45, 2.75) is 19.4 Å². The number of thiophene rings is 1. The Morgan fingerprint density at radius 3 is 2.74 bits per heavy atom. The zero-order valence-corrected chi connectivity index (χ0v) is 16.4. The normalized spacial score (nSPS) is 16.7. The number of carbonyl (C=O) groups is 2. The predicted molar refractivity (Wildman–Crippen MR) is 104 cm³/mol. The van der Waals surface area contributed by atoms with E-state index in [2.05, 4.69) is 5.32 Å². The number of nitrogens with zero attached hydrogens (tertiary/aromatic N) is 1. The minimum absolute atomic E-state index is 0.0161. The molecule has 1 fully saturated rings. The largest absolute Gasteiger partial charge is 0.493 e. The van der Waals surface area contributed by atoms with Gasteiger partial charge in [-0.25, -0.2) is 0 Å². The quantitative estimate of drug-likeness (QED) is 0.826. The maximum absolute atomic E-state index is 12.6. The summed E-state index contributed by atoms with van der Waals surface area (Å²) in [7, 11) is 3.17. The maximum Gasteiger partial charge on any atom is 0.263 e. The number of rotatable bonds is 6. The number of methoxy groups -OCH3 is 2. The highest BCUT2D eigenvalue weighted by Crippen LogP contribution is 2.27. The molecule has 2 heterocycles. The van der Waals surface area contributed by atoms with Crippen molar-refractivity contribution in [3.63, 3.8) is 0 Å². The molecule has 0 bridgehead atoms. The van der Waals surface area contributed by atoms with Crippen molar-refractivity contribution in [1.29, 1.82) is 0 Å². The van der Waals surface area contributed by atoms with Gasteiger partial charge in [0.15, 0.2) is 11.5 Å². The van der Waals surface area contributed by atoms with E-state index in [4.69, 9.17) is 9.47 Å². The number of hydrogen-bond acceptors (Lipinski definition) is 5. The summed E-state index contributed by atoms with van der Waals surface area (Å²) in [5.74, 6) is 1.11. The Labute approximate surface area is 163 Å². The Bertz CT molecular complexity index is 791. The van der Waals surface area contributed by atoms with Crippen LogP contribution in [0.15, 0.2) is 35.7 Å². The van der Waals surface area contributed by atoms with Crippen LogP contribution < -0.4 is 14.8 Å². The van der Waals surface area contributed by atoms with Gasteiger partial charge in [0.05, 0.1) is 25.0 Å². The van der Waals surface area contributed by atoms with E-state index in [1.165, 1.54) is 11.3 Å². The fourth-order valence-corrected chi connectivity index (χ4v) is 3.95. The van der Waals surface area contributed by atoms with Crippen LogP contribution in [0.5, 0.6) is 11.5 Å². The van der Waals surface area contributed by atoms with Crippen LogP contribution in [0.4, 0.5) is 0 Å². The second-order valence-electron chi connectivity index (χ2n) is 6.47. The SMILES string of the molecule is COc1ccc(CNC(=O)C2CCCN(C(=O)c3cccs3)C2)cc1OC. The van der Waals surface area contributed by atoms with Crippen LogP contribution >= 0.6 is 11.3 Å². The first-order valence-electron chi connectivity index (χ1n) is 8.93. The molecule has 27 heavy (non-hydrogen) atoms. The van der Waals surface area contributed by atoms with E-state index in [0.717, 1.165) is 23.3 Å². The van der Waals surface area contributed by atoms with Crippen LogP contribution in [0.1, 0.15) is 28.1 Å². The van der Waals surface area contributed by atoms with E-state index >= 15 is 0 Å². The van der Waals surface area contributed by atoms with Crippen LogP contribution in [0.25, 0.3) is 0 Å². The second-order valence-corrected chi connectivity index (χ2v) is 7.42. The molecule has 1 atom stereocenters. The zero-order valence-electron chi connectivity index (χ0n) is 15.6. The lowest BCUT2D eigenvalue weighted by Gasteiger charge is -2.31. The Morgan fingerprint density at radius 1 is 1.22 bits per heavy atom. The molecular formula is C20H24N2O4S. The van der Waals surface area contributed by atoms with Gasteiger partial charge in [-0.15, -0.1) is 11.3 Å². The summed E-state index contributed by atoms with van der Waals surface area (Å²) in [6, 6.07) is 9.27. The van der Waals surface area contributed by atoms with Gasteiger partial charge in [-0.3, -0.25) is 9.59 Å². The molecule has 0 spiro atoms. The Balaban J connectivity index is 1.57. The first-order chi connectivity index (χ1) is 13.1. The molecular weight excluding hydrogens is 364 g/mol. The molecule has 1 aliphatic heterocycles. The molecule has 3 rings (SSSR count). The van der Waals surface area contributed by atoms with Gasteiger partial charge >= 0.3 is 0 Å². The van der Waals surface area contributed by atoms with Crippen molar-refractivity contribution in [2.75, 3.05) is 27.3 Å². The first kappa shape index (κ1) is 19.2. The third-order valence-corrected chi connectivity index (χ3v) is 5.58. The second kappa shape index (κ2) is 8.90. The molecule has 0 saturated carbocycles. The molecule has 1 aromatic carbocycles. The number of carbonyl (C=O) groups excluding carboxylic acids is 2. The molecule has 1 aromatic heterocycles. The Kier molecular flexibility index (Phi) is 6.34. The van der Waals surface area contributed by atoms with Gasteiger partial charge in [-0.05, 0) is 42.0 Å². The van der Waals surface area contributed by atoms with Gasteiger partial charge in [0.25, 0.3) is 5.91 Å². The minimum atomic E-state index is -0.178. The summed E-state index contributed by atoms with van der Waals surface area (Å²) < 4.78 is 10.5. The van der Waals surface area contributed by atoms with Gasteiger partial charge < -0.3 is 19.7 Å². The lowest BCUT2D eigenvalue weighted by molar-refractivity contribution is -0.126. The molecule has 1 saturated heterocycles. The average Bonchev–Trinajstić information content (AvgIpc) is 3.26. The van der Waals surface area contributed by atoms with Crippen molar-refractivity contribution in [2.24, 2.45) is 5.92 Å². The topological polar surface area (TPSA) is 67.9 Å². The molecule has 0 radical (unpaired) electrons. The van der Waals surface area contributed by atoms with Crippen molar-refractivity contribution in [1.82, 2.24) is 10.2 Å². The van der Waals surface area contributed by atoms with Crippen LogP contribution in [-0.4, -0.2) is 44.0 Å². The van der Waals surface area contributed by atoms with Crippen molar-refractivity contribution >= 4 is 23.2 Å². The fraction of sp³-hybridized carbons (Fsp3) is 0.400. The molecule has 7 heteroatoms. The number of piperidine rings is 1. The smallest absolute Gasteiger partial charge is 0.263 e. The summed E-state index contributed by atoms with van der Waals surface area (Å²) >= 11 is 1.43. The number of ether oxygens (including phenoxy) is 2.